The van der Waals surface area contributed by atoms with E-state index in [9.17, 15) is 0 Å². The van der Waals surface area contributed by atoms with E-state index in [2.05, 4.69) is 44.2 Å². The fourth-order valence-corrected chi connectivity index (χ4v) is 3.42. The fraction of sp³-hybridized carbons (Fsp3) is 0.231. The zero-order valence-corrected chi connectivity index (χ0v) is 12.4. The molecule has 0 aliphatic rings. The molecule has 0 bridgehead atoms. The van der Waals surface area contributed by atoms with Gasteiger partial charge in [-0.25, -0.2) is 0 Å². The van der Waals surface area contributed by atoms with Crippen LogP contribution in [-0.4, -0.2) is 7.11 Å². The first-order valence-electron chi connectivity index (χ1n) is 5.55. The largest absolute Gasteiger partial charge is 0.497 e. The monoisotopic (exact) mass is 326 g/mol. The van der Waals surface area contributed by atoms with Gasteiger partial charge in [-0.2, -0.15) is 11.3 Å². The first kappa shape index (κ1) is 13.5. The van der Waals surface area contributed by atoms with Gasteiger partial charge in [-0.15, -0.1) is 0 Å². The van der Waals surface area contributed by atoms with Crippen LogP contribution in [0.1, 0.15) is 17.2 Å². The van der Waals surface area contributed by atoms with Gasteiger partial charge >= 0.3 is 0 Å². The van der Waals surface area contributed by atoms with E-state index in [0.717, 1.165) is 16.6 Å². The van der Waals surface area contributed by atoms with Crippen LogP contribution in [0.4, 0.5) is 0 Å². The van der Waals surface area contributed by atoms with Crippen LogP contribution in [-0.2, 0) is 6.42 Å². The highest BCUT2D eigenvalue weighted by molar-refractivity contribution is 9.10. The molecule has 1 heterocycles. The quantitative estimate of drug-likeness (QED) is 0.654. The van der Waals surface area contributed by atoms with Crippen molar-refractivity contribution in [1.82, 2.24) is 5.43 Å². The first-order chi connectivity index (χ1) is 8.74. The number of methoxy groups -OCH3 is 1. The van der Waals surface area contributed by atoms with Crippen LogP contribution in [0.3, 0.4) is 0 Å². The molecule has 0 spiro atoms. The summed E-state index contributed by atoms with van der Waals surface area (Å²) < 4.78 is 6.25. The molecule has 0 aliphatic heterocycles. The normalized spacial score (nSPS) is 12.4. The van der Waals surface area contributed by atoms with Crippen molar-refractivity contribution in [2.75, 3.05) is 7.11 Å². The Morgan fingerprint density at radius 2 is 2.06 bits per heavy atom. The zero-order chi connectivity index (χ0) is 13.0. The van der Waals surface area contributed by atoms with Crippen LogP contribution < -0.4 is 16.0 Å². The van der Waals surface area contributed by atoms with Gasteiger partial charge < -0.3 is 4.74 Å². The predicted octanol–water partition coefficient (Wildman–Crippen LogP) is 3.27. The van der Waals surface area contributed by atoms with Crippen LogP contribution in [0, 0.1) is 0 Å². The van der Waals surface area contributed by atoms with Crippen molar-refractivity contribution < 1.29 is 4.74 Å². The Morgan fingerprint density at radius 3 is 2.56 bits per heavy atom. The van der Waals surface area contributed by atoms with Crippen molar-refractivity contribution in [1.29, 1.82) is 0 Å². The van der Waals surface area contributed by atoms with E-state index in [4.69, 9.17) is 10.6 Å². The van der Waals surface area contributed by atoms with E-state index in [1.165, 1.54) is 11.1 Å². The lowest BCUT2D eigenvalue weighted by atomic mass is 10.0. The molecular weight excluding hydrogens is 312 g/mol. The summed E-state index contributed by atoms with van der Waals surface area (Å²) in [7, 11) is 1.67. The average Bonchev–Trinajstić information content (AvgIpc) is 2.83. The number of thiophene rings is 1. The summed E-state index contributed by atoms with van der Waals surface area (Å²) in [5.41, 5.74) is 5.28. The standard InChI is InChI=1S/C13H15BrN2OS/c1-17-10-4-2-9(3-5-10)6-13(16-15)11-7-18-8-12(11)14/h2-5,7-8,13,16H,6,15H2,1H3. The molecule has 3 N–H and O–H groups in total. The predicted molar refractivity (Wildman–Crippen MR) is 78.8 cm³/mol. The summed E-state index contributed by atoms with van der Waals surface area (Å²) in [6.45, 7) is 0. The Labute approximate surface area is 119 Å². The smallest absolute Gasteiger partial charge is 0.118 e. The van der Waals surface area contributed by atoms with Gasteiger partial charge in [0.15, 0.2) is 0 Å². The lowest BCUT2D eigenvalue weighted by Gasteiger charge is -2.15. The zero-order valence-electron chi connectivity index (χ0n) is 10.0. The highest BCUT2D eigenvalue weighted by Gasteiger charge is 2.14. The van der Waals surface area contributed by atoms with Crippen LogP contribution in [0.2, 0.25) is 0 Å². The number of hydrogen-bond donors (Lipinski definition) is 2. The second-order valence-corrected chi connectivity index (χ2v) is 5.54. The molecule has 0 aliphatic carbocycles. The summed E-state index contributed by atoms with van der Waals surface area (Å²) in [6.07, 6.45) is 0.843. The molecule has 0 fully saturated rings. The van der Waals surface area contributed by atoms with Gasteiger partial charge in [-0.05, 0) is 51.0 Å². The molecule has 1 atom stereocenters. The summed E-state index contributed by atoms with van der Waals surface area (Å²) in [5.74, 6) is 6.51. The van der Waals surface area contributed by atoms with E-state index in [1.54, 1.807) is 18.4 Å². The number of nitrogens with two attached hydrogens (primary N) is 1. The van der Waals surface area contributed by atoms with Crippen LogP contribution in [0.15, 0.2) is 39.5 Å². The molecule has 0 radical (unpaired) electrons. The fourth-order valence-electron chi connectivity index (χ4n) is 1.80. The summed E-state index contributed by atoms with van der Waals surface area (Å²) >= 11 is 5.20. The number of rotatable bonds is 5. The molecule has 2 aromatic rings. The van der Waals surface area contributed by atoms with Gasteiger partial charge in [-0.3, -0.25) is 11.3 Å². The summed E-state index contributed by atoms with van der Waals surface area (Å²) in [4.78, 5) is 0. The second-order valence-electron chi connectivity index (χ2n) is 3.95. The number of halogens is 1. The summed E-state index contributed by atoms with van der Waals surface area (Å²) in [5, 5.41) is 4.17. The van der Waals surface area contributed by atoms with Crippen LogP contribution in [0.25, 0.3) is 0 Å². The topological polar surface area (TPSA) is 47.3 Å². The molecule has 1 unspecified atom stereocenters. The molecular formula is C13H15BrN2OS. The molecule has 0 saturated carbocycles. The number of ether oxygens (including phenoxy) is 1. The Kier molecular flexibility index (Phi) is 4.77. The molecule has 5 heteroatoms. The summed E-state index contributed by atoms with van der Waals surface area (Å²) in [6, 6.07) is 8.16. The third kappa shape index (κ3) is 3.11. The van der Waals surface area contributed by atoms with Crippen LogP contribution >= 0.6 is 27.3 Å². The van der Waals surface area contributed by atoms with E-state index >= 15 is 0 Å². The Balaban J connectivity index is 2.13. The van der Waals surface area contributed by atoms with Crippen molar-refractivity contribution >= 4 is 27.3 Å². The number of hydrazine groups is 1. The SMILES string of the molecule is COc1ccc(CC(NN)c2cscc2Br)cc1. The second kappa shape index (κ2) is 6.33. The minimum atomic E-state index is 0.110. The number of benzene rings is 1. The number of hydrogen-bond acceptors (Lipinski definition) is 4. The van der Waals surface area contributed by atoms with Crippen molar-refractivity contribution in [3.05, 3.63) is 50.6 Å². The Bertz CT molecular complexity index is 498. The van der Waals surface area contributed by atoms with Crippen molar-refractivity contribution in [3.8, 4) is 5.75 Å². The Morgan fingerprint density at radius 1 is 1.33 bits per heavy atom. The van der Waals surface area contributed by atoms with Gasteiger partial charge in [0, 0.05) is 9.85 Å². The molecule has 0 amide bonds. The van der Waals surface area contributed by atoms with Gasteiger partial charge in [0.25, 0.3) is 0 Å². The maximum absolute atomic E-state index is 5.65. The van der Waals surface area contributed by atoms with Gasteiger partial charge in [0.2, 0.25) is 0 Å². The van der Waals surface area contributed by atoms with Gasteiger partial charge in [0.1, 0.15) is 5.75 Å². The first-order valence-corrected chi connectivity index (χ1v) is 7.29. The van der Waals surface area contributed by atoms with E-state index in [-0.39, 0.29) is 6.04 Å². The van der Waals surface area contributed by atoms with E-state index in [1.807, 2.05) is 12.1 Å². The van der Waals surface area contributed by atoms with Crippen LogP contribution in [0.5, 0.6) is 5.75 Å². The highest BCUT2D eigenvalue weighted by atomic mass is 79.9. The average molecular weight is 327 g/mol. The lowest BCUT2D eigenvalue weighted by Crippen LogP contribution is -2.29. The third-order valence-electron chi connectivity index (χ3n) is 2.82. The maximum atomic E-state index is 5.65. The molecule has 0 saturated heterocycles. The third-order valence-corrected chi connectivity index (χ3v) is 4.57. The maximum Gasteiger partial charge on any atom is 0.118 e. The molecule has 1 aromatic heterocycles. The van der Waals surface area contributed by atoms with Gasteiger partial charge in [0.05, 0.1) is 13.2 Å². The molecule has 96 valence electrons. The van der Waals surface area contributed by atoms with Crippen molar-refractivity contribution in [3.63, 3.8) is 0 Å². The minimum Gasteiger partial charge on any atom is -0.497 e. The van der Waals surface area contributed by atoms with E-state index in [0.29, 0.717) is 0 Å². The molecule has 18 heavy (non-hydrogen) atoms. The lowest BCUT2D eigenvalue weighted by molar-refractivity contribution is 0.414. The van der Waals surface area contributed by atoms with Crippen molar-refractivity contribution in [2.45, 2.75) is 12.5 Å². The van der Waals surface area contributed by atoms with E-state index < -0.39 is 0 Å². The molecule has 2 rings (SSSR count). The number of nitrogens with one attached hydrogen (secondary N) is 1. The van der Waals surface area contributed by atoms with Crippen molar-refractivity contribution in [2.24, 2.45) is 5.84 Å². The Hall–Kier alpha value is -0.880. The minimum absolute atomic E-state index is 0.110. The highest BCUT2D eigenvalue weighted by Crippen LogP contribution is 2.29. The van der Waals surface area contributed by atoms with Gasteiger partial charge in [-0.1, -0.05) is 12.1 Å². The molecule has 3 nitrogen and oxygen atoms in total. The molecule has 1 aromatic carbocycles.